The fraction of sp³-hybridized carbons (Fsp3) is 0.417. The van der Waals surface area contributed by atoms with Crippen LogP contribution in [-0.4, -0.2) is 36.8 Å². The molecule has 4 nitrogen and oxygen atoms in total. The summed E-state index contributed by atoms with van der Waals surface area (Å²) >= 11 is 1.71. The fourth-order valence-electron chi connectivity index (χ4n) is 1.42. The Bertz CT molecular complexity index is 491. The molecule has 1 aromatic carbocycles. The van der Waals surface area contributed by atoms with Crippen LogP contribution in [0.2, 0.25) is 0 Å². The molecule has 0 spiro atoms. The van der Waals surface area contributed by atoms with E-state index in [0.717, 1.165) is 11.5 Å². The molecule has 100 valence electrons. The van der Waals surface area contributed by atoms with Gasteiger partial charge in [0.25, 0.3) is 0 Å². The third-order valence-corrected chi connectivity index (χ3v) is 5.17. The maximum absolute atomic E-state index is 11.9. The minimum Gasteiger partial charge on any atom is -0.478 e. The zero-order chi connectivity index (χ0) is 13.6. The lowest BCUT2D eigenvalue weighted by molar-refractivity contribution is 0.0697. The Balaban J connectivity index is 2.70. The van der Waals surface area contributed by atoms with Crippen LogP contribution in [0.1, 0.15) is 23.7 Å². The molecule has 1 aromatic rings. The van der Waals surface area contributed by atoms with E-state index in [4.69, 9.17) is 5.11 Å². The summed E-state index contributed by atoms with van der Waals surface area (Å²) in [5, 5.41) is 8.73. The third kappa shape index (κ3) is 4.34. The molecule has 0 unspecified atom stereocenters. The molecular weight excluding hydrogens is 272 g/mol. The van der Waals surface area contributed by atoms with Crippen molar-refractivity contribution in [3.8, 4) is 0 Å². The normalized spacial score (nSPS) is 11.4. The van der Waals surface area contributed by atoms with Crippen molar-refractivity contribution in [2.45, 2.75) is 18.2 Å². The molecule has 0 saturated carbocycles. The van der Waals surface area contributed by atoms with E-state index in [1.54, 1.807) is 11.8 Å². The number of rotatable bonds is 7. The van der Waals surface area contributed by atoms with Crippen LogP contribution in [0.4, 0.5) is 0 Å². The van der Waals surface area contributed by atoms with Crippen molar-refractivity contribution in [1.82, 2.24) is 0 Å². The van der Waals surface area contributed by atoms with E-state index >= 15 is 0 Å². The first kappa shape index (κ1) is 15.0. The van der Waals surface area contributed by atoms with Crippen molar-refractivity contribution >= 4 is 27.6 Å². The Morgan fingerprint density at radius 2 is 1.89 bits per heavy atom. The molecule has 0 aliphatic rings. The molecular formula is C12H16O4S2. The molecule has 0 fully saturated rings. The zero-order valence-electron chi connectivity index (χ0n) is 10.1. The number of carbonyl (C=O) groups is 1. The van der Waals surface area contributed by atoms with Gasteiger partial charge in [-0.2, -0.15) is 11.8 Å². The molecule has 18 heavy (non-hydrogen) atoms. The summed E-state index contributed by atoms with van der Waals surface area (Å²) < 4.78 is 23.8. The predicted molar refractivity (Wildman–Crippen MR) is 73.1 cm³/mol. The molecule has 1 N–H and O–H groups in total. The summed E-state index contributed by atoms with van der Waals surface area (Å²) in [4.78, 5) is 10.8. The van der Waals surface area contributed by atoms with Gasteiger partial charge in [-0.25, -0.2) is 13.2 Å². The maximum Gasteiger partial charge on any atom is 0.335 e. The second-order valence-corrected chi connectivity index (χ2v) is 7.20. The van der Waals surface area contributed by atoms with Crippen LogP contribution in [0.5, 0.6) is 0 Å². The lowest BCUT2D eigenvalue weighted by Gasteiger charge is -2.04. The van der Waals surface area contributed by atoms with Gasteiger partial charge in [0.05, 0.1) is 16.2 Å². The summed E-state index contributed by atoms with van der Waals surface area (Å²) in [5.74, 6) is 0.848. The van der Waals surface area contributed by atoms with Gasteiger partial charge in [0.1, 0.15) is 0 Å². The van der Waals surface area contributed by atoms with Crippen LogP contribution in [0, 0.1) is 0 Å². The molecule has 0 heterocycles. The first-order valence-corrected chi connectivity index (χ1v) is 8.42. The van der Waals surface area contributed by atoms with Crippen molar-refractivity contribution in [3.05, 3.63) is 29.8 Å². The van der Waals surface area contributed by atoms with Crippen molar-refractivity contribution in [2.75, 3.05) is 17.3 Å². The molecule has 0 bridgehead atoms. The second kappa shape index (κ2) is 6.80. The topological polar surface area (TPSA) is 71.4 Å². The summed E-state index contributed by atoms with van der Waals surface area (Å²) in [6, 6.07) is 5.34. The van der Waals surface area contributed by atoms with Gasteiger partial charge in [-0.05, 0) is 42.2 Å². The SMILES string of the molecule is CCSCCCS(=O)(=O)c1ccc(C(=O)O)cc1. The van der Waals surface area contributed by atoms with Gasteiger partial charge in [-0.3, -0.25) is 0 Å². The molecule has 0 saturated heterocycles. The lowest BCUT2D eigenvalue weighted by Crippen LogP contribution is -2.08. The van der Waals surface area contributed by atoms with Gasteiger partial charge in [-0.1, -0.05) is 6.92 Å². The average molecular weight is 288 g/mol. The number of sulfone groups is 1. The van der Waals surface area contributed by atoms with Gasteiger partial charge in [0.2, 0.25) is 0 Å². The maximum atomic E-state index is 11.9. The average Bonchev–Trinajstić information content (AvgIpc) is 2.35. The lowest BCUT2D eigenvalue weighted by atomic mass is 10.2. The Morgan fingerprint density at radius 3 is 2.39 bits per heavy atom. The Morgan fingerprint density at radius 1 is 1.28 bits per heavy atom. The molecule has 0 atom stereocenters. The van der Waals surface area contributed by atoms with Crippen LogP contribution >= 0.6 is 11.8 Å². The van der Waals surface area contributed by atoms with E-state index in [2.05, 4.69) is 0 Å². The number of hydrogen-bond acceptors (Lipinski definition) is 4. The van der Waals surface area contributed by atoms with Gasteiger partial charge in [-0.15, -0.1) is 0 Å². The second-order valence-electron chi connectivity index (χ2n) is 3.70. The summed E-state index contributed by atoms with van der Waals surface area (Å²) in [7, 11) is -3.29. The van der Waals surface area contributed by atoms with Gasteiger partial charge >= 0.3 is 5.97 Å². The Kier molecular flexibility index (Phi) is 5.68. The van der Waals surface area contributed by atoms with E-state index < -0.39 is 15.8 Å². The van der Waals surface area contributed by atoms with E-state index in [0.29, 0.717) is 6.42 Å². The van der Waals surface area contributed by atoms with Crippen molar-refractivity contribution in [1.29, 1.82) is 0 Å². The van der Waals surface area contributed by atoms with Gasteiger partial charge in [0, 0.05) is 0 Å². The molecule has 6 heteroatoms. The molecule has 0 aliphatic heterocycles. The molecule has 1 rings (SSSR count). The third-order valence-electron chi connectivity index (χ3n) is 2.37. The van der Waals surface area contributed by atoms with Gasteiger partial charge < -0.3 is 5.11 Å². The quantitative estimate of drug-likeness (QED) is 0.779. The number of aromatic carboxylic acids is 1. The van der Waals surface area contributed by atoms with Gasteiger partial charge in [0.15, 0.2) is 9.84 Å². The zero-order valence-corrected chi connectivity index (χ0v) is 11.8. The highest BCUT2D eigenvalue weighted by atomic mass is 32.2. The van der Waals surface area contributed by atoms with E-state index in [1.165, 1.54) is 24.3 Å². The summed E-state index contributed by atoms with van der Waals surface area (Å²) in [6.07, 6.45) is 0.613. The number of carboxylic acids is 1. The molecule has 0 amide bonds. The standard InChI is InChI=1S/C12H16O4S2/c1-2-17-8-3-9-18(15,16)11-6-4-10(5-7-11)12(13)14/h4-7H,2-3,8-9H2,1H3,(H,13,14). The highest BCUT2D eigenvalue weighted by molar-refractivity contribution is 7.99. The summed E-state index contributed by atoms with van der Waals surface area (Å²) in [5.41, 5.74) is 0.0930. The Hall–Kier alpha value is -1.01. The number of carboxylic acid groups (broad SMARTS) is 1. The van der Waals surface area contributed by atoms with Crippen LogP contribution < -0.4 is 0 Å². The van der Waals surface area contributed by atoms with Crippen molar-refractivity contribution in [2.24, 2.45) is 0 Å². The number of benzene rings is 1. The Labute approximate surface area is 111 Å². The van der Waals surface area contributed by atoms with E-state index in [-0.39, 0.29) is 16.2 Å². The van der Waals surface area contributed by atoms with Crippen molar-refractivity contribution in [3.63, 3.8) is 0 Å². The number of hydrogen-bond donors (Lipinski definition) is 1. The van der Waals surface area contributed by atoms with Crippen LogP contribution in [0.25, 0.3) is 0 Å². The van der Waals surface area contributed by atoms with Crippen LogP contribution in [-0.2, 0) is 9.84 Å². The summed E-state index contributed by atoms with van der Waals surface area (Å²) in [6.45, 7) is 2.03. The fourth-order valence-corrected chi connectivity index (χ4v) is 3.55. The molecule has 0 aromatic heterocycles. The van der Waals surface area contributed by atoms with E-state index in [9.17, 15) is 13.2 Å². The minimum absolute atomic E-state index is 0.0930. The first-order valence-electron chi connectivity index (χ1n) is 5.61. The number of thioether (sulfide) groups is 1. The first-order chi connectivity index (χ1) is 8.47. The highest BCUT2D eigenvalue weighted by Gasteiger charge is 2.14. The van der Waals surface area contributed by atoms with Crippen LogP contribution in [0.15, 0.2) is 29.2 Å². The van der Waals surface area contributed by atoms with E-state index in [1.807, 2.05) is 6.92 Å². The van der Waals surface area contributed by atoms with Crippen LogP contribution in [0.3, 0.4) is 0 Å². The molecule has 0 aliphatic carbocycles. The highest BCUT2D eigenvalue weighted by Crippen LogP contribution is 2.14. The predicted octanol–water partition coefficient (Wildman–Crippen LogP) is 2.30. The smallest absolute Gasteiger partial charge is 0.335 e. The largest absolute Gasteiger partial charge is 0.478 e. The molecule has 0 radical (unpaired) electrons. The monoisotopic (exact) mass is 288 g/mol. The van der Waals surface area contributed by atoms with Crippen molar-refractivity contribution < 1.29 is 18.3 Å². The minimum atomic E-state index is -3.29.